The van der Waals surface area contributed by atoms with Crippen molar-refractivity contribution < 1.29 is 22.4 Å². The lowest BCUT2D eigenvalue weighted by atomic mass is 10.1. The summed E-state index contributed by atoms with van der Waals surface area (Å²) >= 11 is 0. The van der Waals surface area contributed by atoms with E-state index in [9.17, 15) is 22.4 Å². The fourth-order valence-corrected chi connectivity index (χ4v) is 6.17. The molecule has 4 rings (SSSR count). The number of benzene rings is 1. The van der Waals surface area contributed by atoms with Crippen molar-refractivity contribution in [3.05, 3.63) is 29.6 Å². The van der Waals surface area contributed by atoms with Gasteiger partial charge in [-0.25, -0.2) is 12.8 Å². The molecule has 1 amide bonds. The number of amides is 1. The number of ketones is 1. The van der Waals surface area contributed by atoms with E-state index in [1.54, 1.807) is 12.1 Å². The first kappa shape index (κ1) is 21.2. The summed E-state index contributed by atoms with van der Waals surface area (Å²) in [6, 6.07) is 4.55. The molecule has 2 saturated heterocycles. The third kappa shape index (κ3) is 4.67. The fourth-order valence-electron chi connectivity index (χ4n) is 4.46. The van der Waals surface area contributed by atoms with Crippen LogP contribution in [0.25, 0.3) is 0 Å². The van der Waals surface area contributed by atoms with Crippen LogP contribution >= 0.6 is 0 Å². The SMILES string of the molecule is CC(=O)c1ccc(N2CCN(CC(=O)N(C3CC3)[C@H]3CCS(=O)(=O)C3)CC2)c(F)c1. The van der Waals surface area contributed by atoms with Crippen LogP contribution in [0.15, 0.2) is 18.2 Å². The quantitative estimate of drug-likeness (QED) is 0.625. The molecule has 1 saturated carbocycles. The number of anilines is 1. The average molecular weight is 438 g/mol. The molecule has 2 aliphatic heterocycles. The lowest BCUT2D eigenvalue weighted by Gasteiger charge is -2.37. The van der Waals surface area contributed by atoms with Gasteiger partial charge in [-0.15, -0.1) is 0 Å². The molecule has 1 atom stereocenters. The molecule has 0 bridgehead atoms. The van der Waals surface area contributed by atoms with E-state index in [2.05, 4.69) is 4.90 Å². The molecule has 3 aliphatic rings. The molecular formula is C21H28FN3O4S. The summed E-state index contributed by atoms with van der Waals surface area (Å²) in [5, 5.41) is 0. The highest BCUT2D eigenvalue weighted by molar-refractivity contribution is 7.91. The topological polar surface area (TPSA) is 78.0 Å². The fraction of sp³-hybridized carbons (Fsp3) is 0.619. The molecule has 0 spiro atoms. The van der Waals surface area contributed by atoms with Gasteiger partial charge >= 0.3 is 0 Å². The molecular weight excluding hydrogens is 409 g/mol. The zero-order valence-corrected chi connectivity index (χ0v) is 18.0. The van der Waals surface area contributed by atoms with Gasteiger partial charge in [-0.1, -0.05) is 0 Å². The Balaban J connectivity index is 1.34. The second kappa shape index (κ2) is 8.26. The maximum atomic E-state index is 14.4. The van der Waals surface area contributed by atoms with Crippen LogP contribution in [0.1, 0.15) is 36.5 Å². The Morgan fingerprint density at radius 1 is 1.10 bits per heavy atom. The van der Waals surface area contributed by atoms with Gasteiger partial charge in [0, 0.05) is 43.8 Å². The smallest absolute Gasteiger partial charge is 0.237 e. The number of halogens is 1. The second-order valence-electron chi connectivity index (χ2n) is 8.57. The van der Waals surface area contributed by atoms with Gasteiger partial charge in [0.1, 0.15) is 5.82 Å². The Morgan fingerprint density at radius 2 is 1.80 bits per heavy atom. The summed E-state index contributed by atoms with van der Waals surface area (Å²) in [4.78, 5) is 30.2. The van der Waals surface area contributed by atoms with E-state index < -0.39 is 15.7 Å². The lowest BCUT2D eigenvalue weighted by Crippen LogP contribution is -2.52. The van der Waals surface area contributed by atoms with Crippen LogP contribution in [0.5, 0.6) is 0 Å². The van der Waals surface area contributed by atoms with Gasteiger partial charge in [-0.3, -0.25) is 14.5 Å². The number of hydrogen-bond acceptors (Lipinski definition) is 6. The van der Waals surface area contributed by atoms with Crippen LogP contribution in [0.3, 0.4) is 0 Å². The Hall–Kier alpha value is -2.00. The van der Waals surface area contributed by atoms with Crippen molar-refractivity contribution in [2.45, 2.75) is 38.3 Å². The summed E-state index contributed by atoms with van der Waals surface area (Å²) in [5.74, 6) is -0.321. The van der Waals surface area contributed by atoms with E-state index in [0.717, 1.165) is 12.8 Å². The Kier molecular flexibility index (Phi) is 5.85. The van der Waals surface area contributed by atoms with Crippen molar-refractivity contribution in [2.24, 2.45) is 0 Å². The number of hydrogen-bond donors (Lipinski definition) is 0. The van der Waals surface area contributed by atoms with Crippen molar-refractivity contribution in [1.82, 2.24) is 9.80 Å². The van der Waals surface area contributed by atoms with E-state index in [1.165, 1.54) is 13.0 Å². The minimum atomic E-state index is -3.03. The number of carbonyl (C=O) groups is 2. The molecule has 0 N–H and O–H groups in total. The van der Waals surface area contributed by atoms with Crippen molar-refractivity contribution in [2.75, 3.05) is 49.1 Å². The van der Waals surface area contributed by atoms with Crippen molar-refractivity contribution in [3.63, 3.8) is 0 Å². The Labute approximate surface area is 176 Å². The predicted molar refractivity (Wildman–Crippen MR) is 112 cm³/mol. The second-order valence-corrected chi connectivity index (χ2v) is 10.8. The summed E-state index contributed by atoms with van der Waals surface area (Å²) < 4.78 is 38.1. The lowest BCUT2D eigenvalue weighted by molar-refractivity contribution is -0.135. The molecule has 1 aromatic carbocycles. The van der Waals surface area contributed by atoms with Crippen molar-refractivity contribution in [3.8, 4) is 0 Å². The number of piperazine rings is 1. The first-order valence-corrected chi connectivity index (χ1v) is 12.3. The predicted octanol–water partition coefficient (Wildman–Crippen LogP) is 1.33. The third-order valence-electron chi connectivity index (χ3n) is 6.26. The van der Waals surface area contributed by atoms with Crippen LogP contribution in [0.4, 0.5) is 10.1 Å². The van der Waals surface area contributed by atoms with Crippen LogP contribution in [-0.4, -0.2) is 86.2 Å². The molecule has 2 heterocycles. The van der Waals surface area contributed by atoms with Crippen LogP contribution in [0.2, 0.25) is 0 Å². The molecule has 9 heteroatoms. The van der Waals surface area contributed by atoms with E-state index in [1.807, 2.05) is 9.80 Å². The summed E-state index contributed by atoms with van der Waals surface area (Å²) in [7, 11) is -3.03. The Morgan fingerprint density at radius 3 is 2.33 bits per heavy atom. The number of Topliss-reactive ketones (excluding diaryl/α,β-unsaturated/α-hetero) is 1. The van der Waals surface area contributed by atoms with Gasteiger partial charge in [0.15, 0.2) is 15.6 Å². The molecule has 0 aromatic heterocycles. The van der Waals surface area contributed by atoms with Gasteiger partial charge in [-0.2, -0.15) is 0 Å². The largest absolute Gasteiger partial charge is 0.367 e. The number of nitrogens with zero attached hydrogens (tertiary/aromatic N) is 3. The molecule has 7 nitrogen and oxygen atoms in total. The summed E-state index contributed by atoms with van der Waals surface area (Å²) in [5.41, 5.74) is 0.830. The molecule has 1 aliphatic carbocycles. The maximum absolute atomic E-state index is 14.4. The Bertz CT molecular complexity index is 940. The minimum absolute atomic E-state index is 0.00467. The number of sulfone groups is 1. The van der Waals surface area contributed by atoms with E-state index in [4.69, 9.17) is 0 Å². The van der Waals surface area contributed by atoms with E-state index in [-0.39, 0.29) is 41.8 Å². The molecule has 0 radical (unpaired) electrons. The van der Waals surface area contributed by atoms with Crippen molar-refractivity contribution >= 4 is 27.2 Å². The minimum Gasteiger partial charge on any atom is -0.367 e. The van der Waals surface area contributed by atoms with Gasteiger partial charge in [0.25, 0.3) is 0 Å². The summed E-state index contributed by atoms with van der Waals surface area (Å²) in [6.07, 6.45) is 2.44. The van der Waals surface area contributed by atoms with Crippen LogP contribution < -0.4 is 4.90 Å². The normalized spacial score (nSPS) is 24.1. The third-order valence-corrected chi connectivity index (χ3v) is 8.01. The highest BCUT2D eigenvalue weighted by Gasteiger charge is 2.42. The van der Waals surface area contributed by atoms with Gasteiger partial charge in [0.05, 0.1) is 23.7 Å². The maximum Gasteiger partial charge on any atom is 0.237 e. The molecule has 30 heavy (non-hydrogen) atoms. The van der Waals surface area contributed by atoms with Crippen LogP contribution in [0, 0.1) is 5.82 Å². The standard InChI is InChI=1S/C21H28FN3O4S/c1-15(26)16-2-5-20(19(22)12-16)24-9-7-23(8-10-24)13-21(27)25(17-3-4-17)18-6-11-30(28,29)14-18/h2,5,12,17-18H,3-4,6-11,13-14H2,1H3/t18-/m0/s1. The molecule has 0 unspecified atom stereocenters. The monoisotopic (exact) mass is 437 g/mol. The molecule has 3 fully saturated rings. The van der Waals surface area contributed by atoms with Crippen LogP contribution in [-0.2, 0) is 14.6 Å². The van der Waals surface area contributed by atoms with Gasteiger partial charge in [0.2, 0.25) is 5.91 Å². The number of rotatable bonds is 6. The highest BCUT2D eigenvalue weighted by atomic mass is 32.2. The average Bonchev–Trinajstić information content (AvgIpc) is 3.45. The van der Waals surface area contributed by atoms with Gasteiger partial charge in [-0.05, 0) is 44.4 Å². The zero-order valence-electron chi connectivity index (χ0n) is 17.2. The van der Waals surface area contributed by atoms with Crippen molar-refractivity contribution in [1.29, 1.82) is 0 Å². The number of carbonyl (C=O) groups excluding carboxylic acids is 2. The van der Waals surface area contributed by atoms with E-state index in [0.29, 0.717) is 43.9 Å². The van der Waals surface area contributed by atoms with E-state index >= 15 is 0 Å². The van der Waals surface area contributed by atoms with Gasteiger partial charge < -0.3 is 9.80 Å². The zero-order chi connectivity index (χ0) is 21.5. The highest BCUT2D eigenvalue weighted by Crippen LogP contribution is 2.32. The first-order chi connectivity index (χ1) is 14.2. The molecule has 164 valence electrons. The summed E-state index contributed by atoms with van der Waals surface area (Å²) in [6.45, 7) is 4.11. The first-order valence-electron chi connectivity index (χ1n) is 10.5. The molecule has 1 aromatic rings.